The zero-order valence-electron chi connectivity index (χ0n) is 18.9. The summed E-state index contributed by atoms with van der Waals surface area (Å²) in [6.07, 6.45) is 1.28. The van der Waals surface area contributed by atoms with Gasteiger partial charge in [0, 0.05) is 23.8 Å². The molecule has 2 heterocycles. The fraction of sp³-hybridized carbons (Fsp3) is 0.0833. The number of nitrogens with one attached hydrogen (secondary N) is 1. The molecular weight excluding hydrogens is 487 g/mol. The van der Waals surface area contributed by atoms with Crippen LogP contribution in [0.2, 0.25) is 0 Å². The molecule has 2 aromatic heterocycles. The van der Waals surface area contributed by atoms with Crippen molar-refractivity contribution in [3.8, 4) is 27.8 Å². The van der Waals surface area contributed by atoms with E-state index in [4.69, 9.17) is 9.47 Å². The lowest BCUT2D eigenvalue weighted by molar-refractivity contribution is -0.385. The van der Waals surface area contributed by atoms with Gasteiger partial charge in [0.2, 0.25) is 0 Å². The average Bonchev–Trinajstić information content (AvgIpc) is 3.31. The molecule has 0 spiro atoms. The maximum Gasteiger partial charge on any atom is 0.311 e. The van der Waals surface area contributed by atoms with E-state index in [-0.39, 0.29) is 28.7 Å². The third kappa shape index (κ3) is 4.61. The number of rotatable bonds is 7. The summed E-state index contributed by atoms with van der Waals surface area (Å²) in [6, 6.07) is 14.3. The number of nitro benzene ring substituents is 1. The second-order valence-electron chi connectivity index (χ2n) is 7.54. The maximum absolute atomic E-state index is 15.0. The third-order valence-corrected chi connectivity index (χ3v) is 6.06. The first kappa shape index (κ1) is 23.1. The molecule has 0 aliphatic rings. The predicted molar refractivity (Wildman–Crippen MR) is 133 cm³/mol. The lowest BCUT2D eigenvalue weighted by atomic mass is 10.2. The minimum atomic E-state index is -0.599. The Hall–Kier alpha value is -4.71. The van der Waals surface area contributed by atoms with E-state index < -0.39 is 10.7 Å². The minimum Gasteiger partial charge on any atom is -0.490 e. The highest BCUT2D eigenvalue weighted by molar-refractivity contribution is 7.14. The van der Waals surface area contributed by atoms with E-state index in [2.05, 4.69) is 25.5 Å². The molecule has 36 heavy (non-hydrogen) atoms. The summed E-state index contributed by atoms with van der Waals surface area (Å²) in [4.78, 5) is 19.1. The first-order valence-corrected chi connectivity index (χ1v) is 11.3. The van der Waals surface area contributed by atoms with Crippen LogP contribution in [0.25, 0.3) is 21.5 Å². The van der Waals surface area contributed by atoms with Crippen molar-refractivity contribution in [2.24, 2.45) is 0 Å². The number of ether oxygens (including phenoxy) is 2. The highest BCUT2D eigenvalue weighted by Gasteiger charge is 2.19. The summed E-state index contributed by atoms with van der Waals surface area (Å²) in [7, 11) is 1.33. The van der Waals surface area contributed by atoms with Crippen molar-refractivity contribution in [3.05, 3.63) is 81.9 Å². The zero-order valence-corrected chi connectivity index (χ0v) is 19.7. The van der Waals surface area contributed by atoms with Crippen LogP contribution < -0.4 is 14.8 Å². The van der Waals surface area contributed by atoms with Gasteiger partial charge in [-0.2, -0.15) is 0 Å². The van der Waals surface area contributed by atoms with E-state index in [0.717, 1.165) is 15.6 Å². The molecule has 0 atom stereocenters. The Kier molecular flexibility index (Phi) is 6.09. The minimum absolute atomic E-state index is 0.0650. The number of hydrogen-bond acceptors (Lipinski definition) is 10. The normalized spacial score (nSPS) is 10.9. The number of benzene rings is 3. The molecule has 0 unspecified atom stereocenters. The van der Waals surface area contributed by atoms with Crippen LogP contribution in [-0.2, 0) is 0 Å². The van der Waals surface area contributed by atoms with Gasteiger partial charge in [0.15, 0.2) is 5.75 Å². The van der Waals surface area contributed by atoms with Crippen molar-refractivity contribution >= 4 is 39.4 Å². The highest BCUT2D eigenvalue weighted by Crippen LogP contribution is 2.35. The Morgan fingerprint density at radius 2 is 1.89 bits per heavy atom. The predicted octanol–water partition coefficient (Wildman–Crippen LogP) is 6.05. The monoisotopic (exact) mass is 504 g/mol. The lowest BCUT2D eigenvalue weighted by Crippen LogP contribution is -2.00. The SMILES string of the molecule is COc1cc2ncnc(Nc3ccc(Oc4cccc(-c5nnc(C)s5)c4)cc3F)c2cc1[N+](=O)[O-]. The summed E-state index contributed by atoms with van der Waals surface area (Å²) in [5.41, 5.74) is 1.11. The molecule has 1 N–H and O–H groups in total. The Balaban J connectivity index is 1.40. The second-order valence-corrected chi connectivity index (χ2v) is 8.73. The van der Waals surface area contributed by atoms with Gasteiger partial charge in [-0.05, 0) is 31.2 Å². The first-order chi connectivity index (χ1) is 17.4. The molecule has 0 radical (unpaired) electrons. The largest absolute Gasteiger partial charge is 0.490 e. The maximum atomic E-state index is 15.0. The molecule has 0 bridgehead atoms. The molecule has 12 heteroatoms. The van der Waals surface area contributed by atoms with Crippen molar-refractivity contribution in [2.45, 2.75) is 6.92 Å². The van der Waals surface area contributed by atoms with Gasteiger partial charge in [0.25, 0.3) is 0 Å². The molecule has 0 amide bonds. The lowest BCUT2D eigenvalue weighted by Gasteiger charge is -2.12. The van der Waals surface area contributed by atoms with Gasteiger partial charge < -0.3 is 14.8 Å². The number of aryl methyl sites for hydroxylation is 1. The van der Waals surface area contributed by atoms with E-state index >= 15 is 0 Å². The molecule has 0 aliphatic heterocycles. The quantitative estimate of drug-likeness (QED) is 0.208. The van der Waals surface area contributed by atoms with Gasteiger partial charge in [-0.1, -0.05) is 23.5 Å². The van der Waals surface area contributed by atoms with Gasteiger partial charge in [0.05, 0.1) is 28.6 Å². The molecule has 0 saturated carbocycles. The smallest absolute Gasteiger partial charge is 0.311 e. The molecule has 0 aliphatic carbocycles. The second kappa shape index (κ2) is 9.50. The summed E-state index contributed by atoms with van der Waals surface area (Å²) >= 11 is 1.47. The Bertz CT molecular complexity index is 1610. The number of fused-ring (bicyclic) bond motifs is 1. The fourth-order valence-corrected chi connectivity index (χ4v) is 4.20. The van der Waals surface area contributed by atoms with Crippen LogP contribution in [0.5, 0.6) is 17.2 Å². The Morgan fingerprint density at radius 3 is 2.61 bits per heavy atom. The highest BCUT2D eigenvalue weighted by atomic mass is 32.1. The summed E-state index contributed by atoms with van der Waals surface area (Å²) in [5.74, 6) is 0.479. The Labute approximate surface area is 207 Å². The number of aromatic nitrogens is 4. The number of methoxy groups -OCH3 is 1. The van der Waals surface area contributed by atoms with Gasteiger partial charge in [0.1, 0.15) is 39.5 Å². The molecule has 180 valence electrons. The summed E-state index contributed by atoms with van der Waals surface area (Å²) < 4.78 is 25.9. The van der Waals surface area contributed by atoms with Crippen molar-refractivity contribution < 1.29 is 18.8 Å². The van der Waals surface area contributed by atoms with Crippen molar-refractivity contribution in [1.82, 2.24) is 20.2 Å². The van der Waals surface area contributed by atoms with E-state index in [0.29, 0.717) is 16.7 Å². The number of halogens is 1. The van der Waals surface area contributed by atoms with E-state index in [1.807, 2.05) is 19.1 Å². The van der Waals surface area contributed by atoms with Crippen LogP contribution in [-0.4, -0.2) is 32.2 Å². The van der Waals surface area contributed by atoms with Crippen molar-refractivity contribution in [1.29, 1.82) is 0 Å². The fourth-order valence-electron chi connectivity index (χ4n) is 3.51. The molecule has 0 fully saturated rings. The van der Waals surface area contributed by atoms with Crippen molar-refractivity contribution in [3.63, 3.8) is 0 Å². The number of anilines is 2. The average molecular weight is 505 g/mol. The van der Waals surface area contributed by atoms with Gasteiger partial charge in [-0.3, -0.25) is 10.1 Å². The van der Waals surface area contributed by atoms with E-state index in [1.54, 1.807) is 18.2 Å². The van der Waals surface area contributed by atoms with Crippen LogP contribution in [0, 0.1) is 22.9 Å². The molecule has 5 aromatic rings. The summed E-state index contributed by atoms with van der Waals surface area (Å²) in [5, 5.41) is 24.4. The molecule has 5 rings (SSSR count). The topological polar surface area (TPSA) is 125 Å². The first-order valence-electron chi connectivity index (χ1n) is 10.5. The molecule has 0 saturated heterocycles. The van der Waals surface area contributed by atoms with Crippen LogP contribution in [0.3, 0.4) is 0 Å². The summed E-state index contributed by atoms with van der Waals surface area (Å²) in [6.45, 7) is 1.88. The Morgan fingerprint density at radius 1 is 1.06 bits per heavy atom. The van der Waals surface area contributed by atoms with Crippen LogP contribution in [0.15, 0.2) is 60.9 Å². The molecular formula is C24H17FN6O4S. The third-order valence-electron chi connectivity index (χ3n) is 5.17. The number of nitro groups is 1. The molecule has 3 aromatic carbocycles. The van der Waals surface area contributed by atoms with E-state index in [1.165, 1.54) is 49.0 Å². The van der Waals surface area contributed by atoms with Crippen molar-refractivity contribution in [2.75, 3.05) is 12.4 Å². The standard InChI is InChI=1S/C24H17FN6O4S/c1-13-29-30-24(36-13)14-4-3-5-15(8-14)35-16-6-7-19(18(25)9-16)28-23-17-10-21(31(32)33)22(34-2)11-20(17)26-12-27-23/h3-12H,1-2H3,(H,26,27,28). The number of hydrogen-bond donors (Lipinski definition) is 1. The number of nitrogens with zero attached hydrogens (tertiary/aromatic N) is 5. The molecule has 10 nitrogen and oxygen atoms in total. The van der Waals surface area contributed by atoms with Crippen LogP contribution in [0.4, 0.5) is 21.6 Å². The zero-order chi connectivity index (χ0) is 25.2. The van der Waals surface area contributed by atoms with E-state index in [9.17, 15) is 14.5 Å². The van der Waals surface area contributed by atoms with Crippen LogP contribution in [0.1, 0.15) is 5.01 Å². The van der Waals surface area contributed by atoms with Gasteiger partial charge >= 0.3 is 5.69 Å². The van der Waals surface area contributed by atoms with Crippen LogP contribution >= 0.6 is 11.3 Å². The van der Waals surface area contributed by atoms with Gasteiger partial charge in [-0.15, -0.1) is 10.2 Å². The van der Waals surface area contributed by atoms with Gasteiger partial charge in [-0.25, -0.2) is 14.4 Å².